The van der Waals surface area contributed by atoms with Crippen LogP contribution in [0.15, 0.2) is 0 Å². The standard InChI is InChI=1S/C14H27NO4/c1-3-5-14(13(16)17)6-4-7-15(12-14)8-9-19-11-10-18-2/h3-12H2,1-2H3,(H,16,17). The topological polar surface area (TPSA) is 59.0 Å². The lowest BCUT2D eigenvalue weighted by molar-refractivity contribution is -0.153. The van der Waals surface area contributed by atoms with Crippen molar-refractivity contribution in [2.24, 2.45) is 5.41 Å². The number of hydrogen-bond donors (Lipinski definition) is 1. The zero-order valence-electron chi connectivity index (χ0n) is 12.2. The average molecular weight is 273 g/mol. The Kier molecular flexibility index (Phi) is 7.34. The van der Waals surface area contributed by atoms with Gasteiger partial charge in [0, 0.05) is 20.2 Å². The van der Waals surface area contributed by atoms with Gasteiger partial charge in [0.2, 0.25) is 0 Å². The molecule has 0 radical (unpaired) electrons. The lowest BCUT2D eigenvalue weighted by atomic mass is 9.76. The molecule has 0 spiro atoms. The van der Waals surface area contributed by atoms with Crippen molar-refractivity contribution in [2.75, 3.05) is 46.6 Å². The molecule has 1 N–H and O–H groups in total. The molecule has 0 amide bonds. The molecule has 5 nitrogen and oxygen atoms in total. The summed E-state index contributed by atoms with van der Waals surface area (Å²) in [7, 11) is 1.65. The van der Waals surface area contributed by atoms with E-state index < -0.39 is 11.4 Å². The predicted octanol–water partition coefficient (Wildman–Crippen LogP) is 1.62. The minimum Gasteiger partial charge on any atom is -0.481 e. The highest BCUT2D eigenvalue weighted by Crippen LogP contribution is 2.34. The second-order valence-corrected chi connectivity index (χ2v) is 5.32. The van der Waals surface area contributed by atoms with Crippen LogP contribution in [0.25, 0.3) is 0 Å². The molecule has 112 valence electrons. The summed E-state index contributed by atoms with van der Waals surface area (Å²) in [5.41, 5.74) is -0.542. The van der Waals surface area contributed by atoms with Crippen LogP contribution in [0, 0.1) is 5.41 Å². The van der Waals surface area contributed by atoms with Crippen LogP contribution >= 0.6 is 0 Å². The minimum absolute atomic E-state index is 0.542. The zero-order valence-corrected chi connectivity index (χ0v) is 12.2. The number of carboxylic acids is 1. The Bertz CT molecular complexity index is 268. The Labute approximate surface area is 115 Å². The summed E-state index contributed by atoms with van der Waals surface area (Å²) in [4.78, 5) is 13.8. The van der Waals surface area contributed by atoms with Crippen LogP contribution in [0.1, 0.15) is 32.6 Å². The SMILES string of the molecule is CCCC1(C(=O)O)CCCN(CCOCCOC)C1. The van der Waals surface area contributed by atoms with Crippen molar-refractivity contribution in [1.82, 2.24) is 4.90 Å². The van der Waals surface area contributed by atoms with E-state index in [0.29, 0.717) is 26.4 Å². The number of aliphatic carboxylic acids is 1. The molecule has 1 aliphatic heterocycles. The van der Waals surface area contributed by atoms with Crippen LogP contribution in [0.3, 0.4) is 0 Å². The summed E-state index contributed by atoms with van der Waals surface area (Å²) in [6.45, 7) is 6.35. The largest absolute Gasteiger partial charge is 0.481 e. The van der Waals surface area contributed by atoms with Crippen molar-refractivity contribution in [1.29, 1.82) is 0 Å². The molecule has 0 aromatic heterocycles. The van der Waals surface area contributed by atoms with Gasteiger partial charge >= 0.3 is 5.97 Å². The van der Waals surface area contributed by atoms with E-state index in [1.54, 1.807) is 7.11 Å². The van der Waals surface area contributed by atoms with E-state index in [1.165, 1.54) is 0 Å². The fourth-order valence-corrected chi connectivity index (χ4v) is 2.82. The Morgan fingerprint density at radius 3 is 2.79 bits per heavy atom. The molecule has 1 heterocycles. The van der Waals surface area contributed by atoms with Crippen molar-refractivity contribution >= 4 is 5.97 Å². The Balaban J connectivity index is 2.37. The summed E-state index contributed by atoms with van der Waals surface area (Å²) in [6, 6.07) is 0. The van der Waals surface area contributed by atoms with Crippen LogP contribution in [0.5, 0.6) is 0 Å². The maximum absolute atomic E-state index is 11.6. The third kappa shape index (κ3) is 5.09. The molecule has 5 heteroatoms. The van der Waals surface area contributed by atoms with Crippen LogP contribution in [0.4, 0.5) is 0 Å². The quantitative estimate of drug-likeness (QED) is 0.647. The van der Waals surface area contributed by atoms with Gasteiger partial charge in [-0.3, -0.25) is 9.69 Å². The summed E-state index contributed by atoms with van der Waals surface area (Å²) < 4.78 is 10.4. The van der Waals surface area contributed by atoms with E-state index >= 15 is 0 Å². The molecule has 19 heavy (non-hydrogen) atoms. The van der Waals surface area contributed by atoms with Crippen molar-refractivity contribution in [3.8, 4) is 0 Å². The number of piperidine rings is 1. The second kappa shape index (κ2) is 8.51. The first-order chi connectivity index (χ1) is 9.14. The van der Waals surface area contributed by atoms with Gasteiger partial charge in [-0.25, -0.2) is 0 Å². The summed E-state index contributed by atoms with van der Waals surface area (Å²) in [5.74, 6) is -0.639. The van der Waals surface area contributed by atoms with Gasteiger partial charge in [0.1, 0.15) is 0 Å². The molecule has 0 aliphatic carbocycles. The highest BCUT2D eigenvalue weighted by Gasteiger charge is 2.41. The first kappa shape index (κ1) is 16.4. The van der Waals surface area contributed by atoms with Crippen molar-refractivity contribution in [2.45, 2.75) is 32.6 Å². The smallest absolute Gasteiger partial charge is 0.310 e. The van der Waals surface area contributed by atoms with Crippen LogP contribution < -0.4 is 0 Å². The van der Waals surface area contributed by atoms with E-state index in [0.717, 1.165) is 38.8 Å². The normalized spacial score (nSPS) is 24.5. The van der Waals surface area contributed by atoms with E-state index in [9.17, 15) is 9.90 Å². The molecule has 1 atom stereocenters. The summed E-state index contributed by atoms with van der Waals surface area (Å²) >= 11 is 0. The first-order valence-corrected chi connectivity index (χ1v) is 7.17. The van der Waals surface area contributed by atoms with E-state index in [2.05, 4.69) is 11.8 Å². The predicted molar refractivity (Wildman–Crippen MR) is 73.3 cm³/mol. The highest BCUT2D eigenvalue weighted by atomic mass is 16.5. The molecular weight excluding hydrogens is 246 g/mol. The fourth-order valence-electron chi connectivity index (χ4n) is 2.82. The maximum atomic E-state index is 11.6. The molecule has 0 saturated carbocycles. The third-order valence-electron chi connectivity index (χ3n) is 3.82. The first-order valence-electron chi connectivity index (χ1n) is 7.17. The van der Waals surface area contributed by atoms with E-state index in [1.807, 2.05) is 0 Å². The van der Waals surface area contributed by atoms with Gasteiger partial charge in [-0.1, -0.05) is 13.3 Å². The van der Waals surface area contributed by atoms with Crippen LogP contribution in [-0.2, 0) is 14.3 Å². The molecule has 0 aromatic carbocycles. The Morgan fingerprint density at radius 2 is 2.16 bits per heavy atom. The molecular formula is C14H27NO4. The van der Waals surface area contributed by atoms with Gasteiger partial charge in [0.25, 0.3) is 0 Å². The number of methoxy groups -OCH3 is 1. The fraction of sp³-hybridized carbons (Fsp3) is 0.929. The maximum Gasteiger partial charge on any atom is 0.310 e. The molecule has 1 aliphatic rings. The van der Waals surface area contributed by atoms with Gasteiger partial charge in [-0.15, -0.1) is 0 Å². The van der Waals surface area contributed by atoms with Gasteiger partial charge in [-0.05, 0) is 25.8 Å². The average Bonchev–Trinajstić information content (AvgIpc) is 2.39. The lowest BCUT2D eigenvalue weighted by Crippen LogP contribution is -2.48. The number of carboxylic acid groups (broad SMARTS) is 1. The number of hydrogen-bond acceptors (Lipinski definition) is 4. The van der Waals surface area contributed by atoms with Crippen LogP contribution in [0.2, 0.25) is 0 Å². The number of ether oxygens (including phenoxy) is 2. The Hall–Kier alpha value is -0.650. The highest BCUT2D eigenvalue weighted by molar-refractivity contribution is 5.75. The molecule has 1 fully saturated rings. The van der Waals surface area contributed by atoms with Crippen LogP contribution in [-0.4, -0.2) is 62.5 Å². The number of likely N-dealkylation sites (tertiary alicyclic amines) is 1. The lowest BCUT2D eigenvalue weighted by Gasteiger charge is -2.39. The summed E-state index contributed by atoms with van der Waals surface area (Å²) in [5, 5.41) is 9.50. The van der Waals surface area contributed by atoms with Crippen molar-refractivity contribution in [3.63, 3.8) is 0 Å². The molecule has 1 unspecified atom stereocenters. The van der Waals surface area contributed by atoms with E-state index in [-0.39, 0.29) is 0 Å². The monoisotopic (exact) mass is 273 g/mol. The number of rotatable bonds is 9. The van der Waals surface area contributed by atoms with Gasteiger partial charge in [0.15, 0.2) is 0 Å². The van der Waals surface area contributed by atoms with Gasteiger partial charge < -0.3 is 14.6 Å². The molecule has 1 saturated heterocycles. The van der Waals surface area contributed by atoms with Crippen molar-refractivity contribution in [3.05, 3.63) is 0 Å². The zero-order chi connectivity index (χ0) is 14.1. The minimum atomic E-state index is -0.639. The molecule has 1 rings (SSSR count). The Morgan fingerprint density at radius 1 is 1.37 bits per heavy atom. The van der Waals surface area contributed by atoms with Gasteiger partial charge in [0.05, 0.1) is 25.2 Å². The molecule has 0 bridgehead atoms. The van der Waals surface area contributed by atoms with Crippen molar-refractivity contribution < 1.29 is 19.4 Å². The van der Waals surface area contributed by atoms with Gasteiger partial charge in [-0.2, -0.15) is 0 Å². The third-order valence-corrected chi connectivity index (χ3v) is 3.82. The molecule has 0 aromatic rings. The van der Waals surface area contributed by atoms with E-state index in [4.69, 9.17) is 9.47 Å². The number of carbonyl (C=O) groups is 1. The second-order valence-electron chi connectivity index (χ2n) is 5.32. The summed E-state index contributed by atoms with van der Waals surface area (Å²) in [6.07, 6.45) is 3.45. The number of nitrogens with zero attached hydrogens (tertiary/aromatic N) is 1.